The van der Waals surface area contributed by atoms with Gasteiger partial charge in [-0.05, 0) is 32.9 Å². The molecule has 1 aliphatic heterocycles. The highest BCUT2D eigenvalue weighted by Gasteiger charge is 2.20. The predicted molar refractivity (Wildman–Crippen MR) is 68.8 cm³/mol. The van der Waals surface area contributed by atoms with Gasteiger partial charge in [0.05, 0.1) is 10.7 Å². The van der Waals surface area contributed by atoms with Gasteiger partial charge in [0.1, 0.15) is 0 Å². The monoisotopic (exact) mass is 239 g/mol. The van der Waals surface area contributed by atoms with Crippen LogP contribution in [0.3, 0.4) is 0 Å². The van der Waals surface area contributed by atoms with Crippen LogP contribution in [0.4, 0.5) is 0 Å². The molecule has 1 saturated heterocycles. The van der Waals surface area contributed by atoms with Crippen molar-refractivity contribution in [1.82, 2.24) is 9.88 Å². The molecule has 1 aromatic heterocycles. The molecular formula is C12H21N3S. The summed E-state index contributed by atoms with van der Waals surface area (Å²) in [5, 5.41) is 3.45. The van der Waals surface area contributed by atoms with Gasteiger partial charge in [0.25, 0.3) is 0 Å². The van der Waals surface area contributed by atoms with Crippen LogP contribution in [0.1, 0.15) is 24.0 Å². The molecule has 16 heavy (non-hydrogen) atoms. The molecule has 0 saturated carbocycles. The molecule has 2 heterocycles. The van der Waals surface area contributed by atoms with Crippen molar-refractivity contribution in [1.29, 1.82) is 0 Å². The topological polar surface area (TPSA) is 42.1 Å². The van der Waals surface area contributed by atoms with Gasteiger partial charge < -0.3 is 10.6 Å². The Labute approximate surface area is 102 Å². The lowest BCUT2D eigenvalue weighted by Gasteiger charge is -2.07. The van der Waals surface area contributed by atoms with Crippen molar-refractivity contribution >= 4 is 11.3 Å². The zero-order valence-corrected chi connectivity index (χ0v) is 11.0. The van der Waals surface area contributed by atoms with E-state index in [4.69, 9.17) is 5.73 Å². The van der Waals surface area contributed by atoms with Crippen molar-refractivity contribution in [2.75, 3.05) is 20.1 Å². The molecule has 2 unspecified atom stereocenters. The van der Waals surface area contributed by atoms with E-state index in [2.05, 4.69) is 22.3 Å². The van der Waals surface area contributed by atoms with Crippen LogP contribution >= 0.6 is 11.3 Å². The van der Waals surface area contributed by atoms with Crippen molar-refractivity contribution in [3.8, 4) is 0 Å². The van der Waals surface area contributed by atoms with Crippen LogP contribution in [0, 0.1) is 5.92 Å². The number of aromatic nitrogens is 1. The fourth-order valence-electron chi connectivity index (χ4n) is 2.31. The lowest BCUT2D eigenvalue weighted by Crippen LogP contribution is -2.18. The van der Waals surface area contributed by atoms with Gasteiger partial charge >= 0.3 is 0 Å². The lowest BCUT2D eigenvalue weighted by molar-refractivity contribution is 0.394. The number of nitrogens with two attached hydrogens (primary N) is 1. The molecule has 3 nitrogen and oxygen atoms in total. The van der Waals surface area contributed by atoms with E-state index in [9.17, 15) is 0 Å². The zero-order valence-electron chi connectivity index (χ0n) is 10.1. The molecule has 0 amide bonds. The summed E-state index contributed by atoms with van der Waals surface area (Å²) in [5.74, 6) is 0.805. The summed E-state index contributed by atoms with van der Waals surface area (Å²) >= 11 is 1.79. The maximum atomic E-state index is 5.77. The summed E-state index contributed by atoms with van der Waals surface area (Å²) < 4.78 is 0. The van der Waals surface area contributed by atoms with Crippen molar-refractivity contribution in [2.45, 2.75) is 32.2 Å². The minimum absolute atomic E-state index is 0.215. The standard InChI is InChI=1S/C12H21N3S/c1-9(13)5-11-8-16-12(14-11)6-10-3-4-15(2)7-10/h8-10H,3-7,13H2,1-2H3. The van der Waals surface area contributed by atoms with Crippen LogP contribution in [0.15, 0.2) is 5.38 Å². The Morgan fingerprint density at radius 1 is 1.69 bits per heavy atom. The van der Waals surface area contributed by atoms with E-state index in [-0.39, 0.29) is 6.04 Å². The Balaban J connectivity index is 1.87. The van der Waals surface area contributed by atoms with Crippen LogP contribution in [0.5, 0.6) is 0 Å². The highest BCUT2D eigenvalue weighted by molar-refractivity contribution is 7.09. The lowest BCUT2D eigenvalue weighted by atomic mass is 10.1. The van der Waals surface area contributed by atoms with Crippen LogP contribution < -0.4 is 5.73 Å². The SMILES string of the molecule is CC(N)Cc1csc(CC2CCN(C)C2)n1. The van der Waals surface area contributed by atoms with Crippen molar-refractivity contribution in [2.24, 2.45) is 11.7 Å². The summed E-state index contributed by atoms with van der Waals surface area (Å²) in [6.45, 7) is 4.50. The number of likely N-dealkylation sites (tertiary alicyclic amines) is 1. The van der Waals surface area contributed by atoms with E-state index >= 15 is 0 Å². The maximum Gasteiger partial charge on any atom is 0.0931 e. The van der Waals surface area contributed by atoms with Gasteiger partial charge in [0.15, 0.2) is 0 Å². The number of hydrogen-bond acceptors (Lipinski definition) is 4. The maximum absolute atomic E-state index is 5.77. The van der Waals surface area contributed by atoms with Gasteiger partial charge in [-0.3, -0.25) is 0 Å². The van der Waals surface area contributed by atoms with E-state index in [1.54, 1.807) is 11.3 Å². The molecule has 90 valence electrons. The van der Waals surface area contributed by atoms with Gasteiger partial charge in [-0.25, -0.2) is 4.98 Å². The van der Waals surface area contributed by atoms with Gasteiger partial charge in [0.2, 0.25) is 0 Å². The second kappa shape index (κ2) is 5.25. The average molecular weight is 239 g/mol. The fraction of sp³-hybridized carbons (Fsp3) is 0.750. The highest BCUT2D eigenvalue weighted by Crippen LogP contribution is 2.21. The molecule has 2 N–H and O–H groups in total. The molecule has 0 aliphatic carbocycles. The van der Waals surface area contributed by atoms with Crippen LogP contribution in [0.25, 0.3) is 0 Å². The Morgan fingerprint density at radius 2 is 2.50 bits per heavy atom. The molecule has 1 aromatic rings. The quantitative estimate of drug-likeness (QED) is 0.866. The van der Waals surface area contributed by atoms with Gasteiger partial charge in [-0.2, -0.15) is 0 Å². The fourth-order valence-corrected chi connectivity index (χ4v) is 3.23. The Morgan fingerprint density at radius 3 is 3.12 bits per heavy atom. The van der Waals surface area contributed by atoms with Crippen LogP contribution in [0.2, 0.25) is 0 Å². The second-order valence-corrected chi connectivity index (χ2v) is 5.98. The van der Waals surface area contributed by atoms with Gasteiger partial charge in [0, 0.05) is 30.8 Å². The minimum Gasteiger partial charge on any atom is -0.328 e. The Kier molecular flexibility index (Phi) is 3.95. The molecule has 0 radical (unpaired) electrons. The Hall–Kier alpha value is -0.450. The van der Waals surface area contributed by atoms with Crippen molar-refractivity contribution in [3.05, 3.63) is 16.1 Å². The van der Waals surface area contributed by atoms with Gasteiger partial charge in [-0.1, -0.05) is 0 Å². The summed E-state index contributed by atoms with van der Waals surface area (Å²) in [6, 6.07) is 0.215. The third kappa shape index (κ3) is 3.27. The smallest absolute Gasteiger partial charge is 0.0931 e. The molecule has 2 rings (SSSR count). The van der Waals surface area contributed by atoms with Crippen LogP contribution in [-0.4, -0.2) is 36.1 Å². The van der Waals surface area contributed by atoms with E-state index in [0.717, 1.165) is 18.8 Å². The third-order valence-electron chi connectivity index (χ3n) is 3.08. The zero-order chi connectivity index (χ0) is 11.5. The molecule has 1 fully saturated rings. The second-order valence-electron chi connectivity index (χ2n) is 5.04. The molecular weight excluding hydrogens is 218 g/mol. The first-order valence-electron chi connectivity index (χ1n) is 6.01. The third-order valence-corrected chi connectivity index (χ3v) is 4.00. The Bertz CT molecular complexity index is 335. The summed E-state index contributed by atoms with van der Waals surface area (Å²) in [4.78, 5) is 7.06. The first-order chi connectivity index (χ1) is 7.63. The number of rotatable bonds is 4. The predicted octanol–water partition coefficient (Wildman–Crippen LogP) is 1.53. The molecule has 0 aromatic carbocycles. The highest BCUT2D eigenvalue weighted by atomic mass is 32.1. The number of hydrogen-bond donors (Lipinski definition) is 1. The van der Waals surface area contributed by atoms with Crippen LogP contribution in [-0.2, 0) is 12.8 Å². The largest absolute Gasteiger partial charge is 0.328 e. The van der Waals surface area contributed by atoms with E-state index in [0.29, 0.717) is 0 Å². The van der Waals surface area contributed by atoms with Gasteiger partial charge in [-0.15, -0.1) is 11.3 Å². The van der Waals surface area contributed by atoms with E-state index in [1.807, 2.05) is 6.92 Å². The summed E-state index contributed by atoms with van der Waals surface area (Å²) in [5.41, 5.74) is 6.94. The average Bonchev–Trinajstić information content (AvgIpc) is 2.76. The summed E-state index contributed by atoms with van der Waals surface area (Å²) in [6.07, 6.45) is 3.37. The first kappa shape index (κ1) is 12.0. The first-order valence-corrected chi connectivity index (χ1v) is 6.89. The molecule has 4 heteroatoms. The normalized spacial score (nSPS) is 23.8. The summed E-state index contributed by atoms with van der Waals surface area (Å²) in [7, 11) is 2.20. The van der Waals surface area contributed by atoms with E-state index in [1.165, 1.54) is 30.2 Å². The van der Waals surface area contributed by atoms with Crippen molar-refractivity contribution in [3.63, 3.8) is 0 Å². The number of thiazole rings is 1. The minimum atomic E-state index is 0.215. The molecule has 0 spiro atoms. The van der Waals surface area contributed by atoms with Crippen molar-refractivity contribution < 1.29 is 0 Å². The molecule has 1 aliphatic rings. The number of nitrogens with zero attached hydrogens (tertiary/aromatic N) is 2. The molecule has 2 atom stereocenters. The molecule has 0 bridgehead atoms. The van der Waals surface area contributed by atoms with E-state index < -0.39 is 0 Å².